The lowest BCUT2D eigenvalue weighted by atomic mass is 10.2. The van der Waals surface area contributed by atoms with E-state index in [1.54, 1.807) is 0 Å². The molecule has 2 aliphatic rings. The number of hydrogen-bond acceptors (Lipinski definition) is 1. The Balaban J connectivity index is 0.000000405. The van der Waals surface area contributed by atoms with E-state index in [9.17, 15) is 0 Å². The third-order valence-electron chi connectivity index (χ3n) is 2.17. The van der Waals surface area contributed by atoms with Crippen LogP contribution in [0.3, 0.4) is 0 Å². The van der Waals surface area contributed by atoms with Crippen molar-refractivity contribution in [3.63, 3.8) is 0 Å². The van der Waals surface area contributed by atoms with E-state index in [1.807, 2.05) is 0 Å². The van der Waals surface area contributed by atoms with Gasteiger partial charge in [0.1, 0.15) is 0 Å². The first-order chi connectivity index (χ1) is 3.89. The van der Waals surface area contributed by atoms with Crippen molar-refractivity contribution in [2.24, 2.45) is 5.92 Å². The van der Waals surface area contributed by atoms with Gasteiger partial charge < -0.3 is 5.32 Å². The molecule has 0 aromatic rings. The van der Waals surface area contributed by atoms with Gasteiger partial charge in [-0.05, 0) is 25.3 Å². The van der Waals surface area contributed by atoms with Gasteiger partial charge >= 0.3 is 0 Å². The lowest BCUT2D eigenvalue weighted by Gasteiger charge is -2.07. The standard InChI is InChI=1S/C6H10BrN.ClH/c7-5-4-2-1-3-8-6(4)5;/h4-6,8H,1-3H2;1H/t4-,5-,6-;/m1./s1. The molecule has 3 atom stereocenters. The number of alkyl halides is 1. The average molecular weight is 213 g/mol. The number of rotatable bonds is 0. The SMILES string of the molecule is Br[C@@H]1[C@H]2CCCN[C@@H]12.Cl. The Hall–Kier alpha value is 0.730. The van der Waals surface area contributed by atoms with Gasteiger partial charge in [0.25, 0.3) is 0 Å². The van der Waals surface area contributed by atoms with Crippen molar-refractivity contribution in [3.8, 4) is 0 Å². The van der Waals surface area contributed by atoms with Crippen molar-refractivity contribution in [2.75, 3.05) is 6.54 Å². The Morgan fingerprint density at radius 2 is 2.22 bits per heavy atom. The molecule has 0 bridgehead atoms. The van der Waals surface area contributed by atoms with Gasteiger partial charge in [0, 0.05) is 10.9 Å². The van der Waals surface area contributed by atoms with E-state index in [0.29, 0.717) is 0 Å². The molecule has 0 amide bonds. The van der Waals surface area contributed by atoms with E-state index in [0.717, 1.165) is 16.8 Å². The molecule has 1 heterocycles. The second kappa shape index (κ2) is 2.77. The maximum absolute atomic E-state index is 3.61. The molecular weight excluding hydrogens is 201 g/mol. The number of nitrogens with one attached hydrogen (secondary N) is 1. The average Bonchev–Trinajstić information content (AvgIpc) is 2.46. The normalized spacial score (nSPS) is 47.0. The van der Waals surface area contributed by atoms with E-state index in [-0.39, 0.29) is 12.4 Å². The van der Waals surface area contributed by atoms with Crippen molar-refractivity contribution < 1.29 is 0 Å². The predicted molar refractivity (Wildman–Crippen MR) is 44.5 cm³/mol. The number of hydrogen-bond donors (Lipinski definition) is 1. The van der Waals surface area contributed by atoms with Crippen LogP contribution in [0.25, 0.3) is 0 Å². The third-order valence-corrected chi connectivity index (χ3v) is 3.42. The van der Waals surface area contributed by atoms with Crippen molar-refractivity contribution in [3.05, 3.63) is 0 Å². The molecule has 1 nitrogen and oxygen atoms in total. The highest BCUT2D eigenvalue weighted by molar-refractivity contribution is 9.09. The van der Waals surface area contributed by atoms with E-state index >= 15 is 0 Å². The summed E-state index contributed by atoms with van der Waals surface area (Å²) in [4.78, 5) is 0.810. The van der Waals surface area contributed by atoms with Crippen LogP contribution in [0, 0.1) is 5.92 Å². The molecule has 54 valence electrons. The second-order valence-corrected chi connectivity index (χ2v) is 3.79. The van der Waals surface area contributed by atoms with Crippen molar-refractivity contribution in [2.45, 2.75) is 23.7 Å². The number of piperidine rings is 1. The van der Waals surface area contributed by atoms with Gasteiger partial charge in [-0.2, -0.15) is 0 Å². The van der Waals surface area contributed by atoms with Crippen LogP contribution < -0.4 is 5.32 Å². The minimum absolute atomic E-state index is 0. The number of halogens is 2. The molecule has 1 saturated carbocycles. The van der Waals surface area contributed by atoms with Gasteiger partial charge in [-0.1, -0.05) is 15.9 Å². The summed E-state index contributed by atoms with van der Waals surface area (Å²) in [6.45, 7) is 1.24. The van der Waals surface area contributed by atoms with Crippen molar-refractivity contribution in [1.29, 1.82) is 0 Å². The number of fused-ring (bicyclic) bond motifs is 1. The minimum Gasteiger partial charge on any atom is -0.313 e. The van der Waals surface area contributed by atoms with Crippen LogP contribution in [-0.4, -0.2) is 17.4 Å². The molecule has 2 fully saturated rings. The monoisotopic (exact) mass is 211 g/mol. The Morgan fingerprint density at radius 1 is 1.44 bits per heavy atom. The van der Waals surface area contributed by atoms with Crippen LogP contribution in [0.5, 0.6) is 0 Å². The molecule has 1 aliphatic carbocycles. The van der Waals surface area contributed by atoms with Crippen LogP contribution in [0.1, 0.15) is 12.8 Å². The second-order valence-electron chi connectivity index (χ2n) is 2.73. The van der Waals surface area contributed by atoms with Crippen LogP contribution >= 0.6 is 28.3 Å². The Kier molecular flexibility index (Phi) is 2.41. The first-order valence-corrected chi connectivity index (χ1v) is 4.18. The van der Waals surface area contributed by atoms with Crippen LogP contribution in [-0.2, 0) is 0 Å². The molecule has 0 aromatic heterocycles. The Bertz CT molecular complexity index is 97.2. The highest BCUT2D eigenvalue weighted by atomic mass is 79.9. The van der Waals surface area contributed by atoms with Crippen LogP contribution in [0.15, 0.2) is 0 Å². The highest BCUT2D eigenvalue weighted by Gasteiger charge is 2.48. The lowest BCUT2D eigenvalue weighted by Crippen LogP contribution is -2.24. The summed E-state index contributed by atoms with van der Waals surface area (Å²) in [6.07, 6.45) is 2.82. The van der Waals surface area contributed by atoms with E-state index in [4.69, 9.17) is 0 Å². The fraction of sp³-hybridized carbons (Fsp3) is 1.00. The summed E-state index contributed by atoms with van der Waals surface area (Å²) in [5.74, 6) is 0.976. The van der Waals surface area contributed by atoms with Crippen molar-refractivity contribution in [1.82, 2.24) is 5.32 Å². The first-order valence-electron chi connectivity index (χ1n) is 3.27. The molecule has 0 radical (unpaired) electrons. The highest BCUT2D eigenvalue weighted by Crippen LogP contribution is 2.43. The van der Waals surface area contributed by atoms with Crippen molar-refractivity contribution >= 4 is 28.3 Å². The van der Waals surface area contributed by atoms with Gasteiger partial charge in [-0.25, -0.2) is 0 Å². The zero-order chi connectivity index (χ0) is 5.56. The molecule has 0 aromatic carbocycles. The Morgan fingerprint density at radius 3 is 2.67 bits per heavy atom. The summed E-state index contributed by atoms with van der Waals surface area (Å²) >= 11 is 3.61. The minimum atomic E-state index is 0. The molecule has 0 spiro atoms. The van der Waals surface area contributed by atoms with Gasteiger partial charge in [-0.15, -0.1) is 12.4 Å². The summed E-state index contributed by atoms with van der Waals surface area (Å²) in [5, 5.41) is 3.46. The third kappa shape index (κ3) is 1.26. The summed E-state index contributed by atoms with van der Waals surface area (Å²) in [6, 6.07) is 0.837. The lowest BCUT2D eigenvalue weighted by molar-refractivity contribution is 0.505. The molecule has 0 unspecified atom stereocenters. The van der Waals surface area contributed by atoms with Gasteiger partial charge in [0.2, 0.25) is 0 Å². The fourth-order valence-corrected chi connectivity index (χ4v) is 2.54. The fourth-order valence-electron chi connectivity index (χ4n) is 1.54. The largest absolute Gasteiger partial charge is 0.313 e. The first kappa shape index (κ1) is 7.83. The van der Waals surface area contributed by atoms with Gasteiger partial charge in [0.05, 0.1) is 0 Å². The molecule has 2 rings (SSSR count). The molecule has 9 heavy (non-hydrogen) atoms. The maximum Gasteiger partial charge on any atom is 0.0345 e. The summed E-state index contributed by atoms with van der Waals surface area (Å²) < 4.78 is 0. The van der Waals surface area contributed by atoms with Gasteiger partial charge in [-0.3, -0.25) is 0 Å². The van der Waals surface area contributed by atoms with Crippen LogP contribution in [0.4, 0.5) is 0 Å². The summed E-state index contributed by atoms with van der Waals surface area (Å²) in [7, 11) is 0. The molecule has 3 heteroatoms. The molecular formula is C6H11BrClN. The zero-order valence-electron chi connectivity index (χ0n) is 5.14. The van der Waals surface area contributed by atoms with Crippen LogP contribution in [0.2, 0.25) is 0 Å². The smallest absolute Gasteiger partial charge is 0.0345 e. The zero-order valence-corrected chi connectivity index (χ0v) is 7.54. The topological polar surface area (TPSA) is 12.0 Å². The quantitative estimate of drug-likeness (QED) is 0.601. The predicted octanol–water partition coefficient (Wildman–Crippen LogP) is 1.55. The molecule has 1 N–H and O–H groups in total. The summed E-state index contributed by atoms with van der Waals surface area (Å²) in [5.41, 5.74) is 0. The maximum atomic E-state index is 3.61. The molecule has 1 saturated heterocycles. The Labute approximate surface area is 70.1 Å². The van der Waals surface area contributed by atoms with Gasteiger partial charge in [0.15, 0.2) is 0 Å². The van der Waals surface area contributed by atoms with E-state index < -0.39 is 0 Å². The van der Waals surface area contributed by atoms with E-state index in [2.05, 4.69) is 21.2 Å². The molecule has 1 aliphatic heterocycles. The van der Waals surface area contributed by atoms with E-state index in [1.165, 1.54) is 19.4 Å².